The van der Waals surface area contributed by atoms with Crippen LogP contribution in [0, 0.1) is 5.92 Å². The van der Waals surface area contributed by atoms with Gasteiger partial charge in [0.25, 0.3) is 0 Å². The van der Waals surface area contributed by atoms with Gasteiger partial charge in [-0.15, -0.1) is 0 Å². The van der Waals surface area contributed by atoms with Crippen molar-refractivity contribution in [3.8, 4) is 0 Å². The molecule has 1 saturated carbocycles. The lowest BCUT2D eigenvalue weighted by molar-refractivity contribution is -0.118. The molecule has 4 rings (SSSR count). The maximum atomic E-state index is 13.4. The van der Waals surface area contributed by atoms with Crippen molar-refractivity contribution in [2.24, 2.45) is 5.92 Å². The van der Waals surface area contributed by atoms with Gasteiger partial charge in [-0.1, -0.05) is 66.5 Å². The summed E-state index contributed by atoms with van der Waals surface area (Å²) in [5.74, 6) is 0.308. The highest BCUT2D eigenvalue weighted by Gasteiger charge is 2.32. The molecule has 5 heteroatoms. The van der Waals surface area contributed by atoms with Crippen LogP contribution in [0.3, 0.4) is 0 Å². The van der Waals surface area contributed by atoms with E-state index in [1.165, 1.54) is 24.6 Å². The van der Waals surface area contributed by atoms with Crippen molar-refractivity contribution in [1.82, 2.24) is 4.98 Å². The Morgan fingerprint density at radius 1 is 1.00 bits per heavy atom. The first kappa shape index (κ1) is 20.0. The number of nitrogens with zero attached hydrogens (tertiary/aromatic N) is 1. The fourth-order valence-electron chi connectivity index (χ4n) is 3.98. The molecule has 148 valence electrons. The van der Waals surface area contributed by atoms with Crippen molar-refractivity contribution in [2.45, 2.75) is 41.5 Å². The van der Waals surface area contributed by atoms with Gasteiger partial charge in [-0.2, -0.15) is 0 Å². The zero-order chi connectivity index (χ0) is 20.1. The van der Waals surface area contributed by atoms with Crippen LogP contribution < -0.4 is 5.32 Å². The minimum atomic E-state index is -0.132. The van der Waals surface area contributed by atoms with E-state index in [4.69, 9.17) is 11.6 Å². The summed E-state index contributed by atoms with van der Waals surface area (Å²) in [4.78, 5) is 18.9. The fourth-order valence-corrected chi connectivity index (χ4v) is 4.94. The summed E-state index contributed by atoms with van der Waals surface area (Å²) in [5.41, 5.74) is 1.84. The van der Waals surface area contributed by atoms with Crippen molar-refractivity contribution in [1.29, 1.82) is 0 Å². The molecule has 1 heterocycles. The molecular formula is C24H23ClN2OS. The zero-order valence-corrected chi connectivity index (χ0v) is 17.6. The van der Waals surface area contributed by atoms with Crippen LogP contribution in [0.15, 0.2) is 82.8 Å². The molecule has 1 aliphatic carbocycles. The number of carbonyl (C=O) groups excluding carboxylic acids is 1. The van der Waals surface area contributed by atoms with Crippen molar-refractivity contribution >= 4 is 35.0 Å². The molecule has 0 aliphatic heterocycles. The SMILES string of the molecule is O=C(Nc1cccnc1Sc1ccc(Cl)cc1)[C@H](c1ccccc1)C1CCCC1. The highest BCUT2D eigenvalue weighted by Crippen LogP contribution is 2.39. The van der Waals surface area contributed by atoms with Gasteiger partial charge >= 0.3 is 0 Å². The zero-order valence-electron chi connectivity index (χ0n) is 16.1. The summed E-state index contributed by atoms with van der Waals surface area (Å²) in [6.45, 7) is 0. The molecule has 1 N–H and O–H groups in total. The minimum absolute atomic E-state index is 0.0501. The number of halogens is 1. The van der Waals surface area contributed by atoms with Gasteiger partial charge in [0.05, 0.1) is 11.6 Å². The van der Waals surface area contributed by atoms with Crippen molar-refractivity contribution < 1.29 is 4.79 Å². The van der Waals surface area contributed by atoms with Gasteiger partial charge < -0.3 is 5.32 Å². The Morgan fingerprint density at radius 2 is 1.72 bits per heavy atom. The molecule has 0 saturated heterocycles. The number of pyridine rings is 1. The number of nitrogens with one attached hydrogen (secondary N) is 1. The predicted molar refractivity (Wildman–Crippen MR) is 120 cm³/mol. The normalized spacial score (nSPS) is 15.2. The van der Waals surface area contributed by atoms with E-state index in [9.17, 15) is 4.79 Å². The first-order valence-electron chi connectivity index (χ1n) is 9.95. The number of anilines is 1. The third-order valence-corrected chi connectivity index (χ3v) is 6.65. The molecule has 3 aromatic rings. The summed E-state index contributed by atoms with van der Waals surface area (Å²) in [6, 6.07) is 21.5. The quantitative estimate of drug-likeness (QED) is 0.475. The summed E-state index contributed by atoms with van der Waals surface area (Å²) in [6.07, 6.45) is 6.36. The molecule has 0 bridgehead atoms. The van der Waals surface area contributed by atoms with Crippen LogP contribution >= 0.6 is 23.4 Å². The molecule has 1 amide bonds. The fraction of sp³-hybridized carbons (Fsp3) is 0.250. The molecule has 0 spiro atoms. The molecule has 0 unspecified atom stereocenters. The van der Waals surface area contributed by atoms with Gasteiger partial charge in [-0.05, 0) is 60.7 Å². The van der Waals surface area contributed by atoms with Gasteiger partial charge in [0, 0.05) is 16.1 Å². The van der Waals surface area contributed by atoms with Crippen LogP contribution in [-0.4, -0.2) is 10.9 Å². The van der Waals surface area contributed by atoms with Gasteiger partial charge in [-0.3, -0.25) is 4.79 Å². The summed E-state index contributed by atoms with van der Waals surface area (Å²) in [5, 5.41) is 4.65. The number of rotatable bonds is 6. The maximum Gasteiger partial charge on any atom is 0.232 e. The Hall–Kier alpha value is -2.30. The molecule has 29 heavy (non-hydrogen) atoms. The first-order chi connectivity index (χ1) is 14.2. The standard InChI is InChI=1S/C24H23ClN2OS/c25-19-12-14-20(15-13-19)29-24-21(11-6-16-26-24)27-23(28)22(18-9-4-5-10-18)17-7-2-1-3-8-17/h1-3,6-8,11-16,18,22H,4-5,9-10H2,(H,27,28)/t22-/m1/s1. The van der Waals surface area contributed by atoms with Crippen LogP contribution in [0.2, 0.25) is 5.02 Å². The van der Waals surface area contributed by atoms with E-state index in [1.807, 2.05) is 54.6 Å². The third kappa shape index (κ3) is 5.01. The lowest BCUT2D eigenvalue weighted by Crippen LogP contribution is -2.26. The molecule has 0 radical (unpaired) electrons. The van der Waals surface area contributed by atoms with Crippen LogP contribution in [0.4, 0.5) is 5.69 Å². The van der Waals surface area contributed by atoms with Gasteiger partial charge in [-0.25, -0.2) is 4.98 Å². The van der Waals surface area contributed by atoms with E-state index < -0.39 is 0 Å². The third-order valence-electron chi connectivity index (χ3n) is 5.37. The van der Waals surface area contributed by atoms with E-state index in [1.54, 1.807) is 6.20 Å². The Labute approximate surface area is 180 Å². The number of amides is 1. The predicted octanol–water partition coefficient (Wildman–Crippen LogP) is 6.80. The Kier molecular flexibility index (Phi) is 6.53. The lowest BCUT2D eigenvalue weighted by atomic mass is 9.84. The monoisotopic (exact) mass is 422 g/mol. The first-order valence-corrected chi connectivity index (χ1v) is 11.1. The van der Waals surface area contributed by atoms with E-state index in [2.05, 4.69) is 22.4 Å². The summed E-state index contributed by atoms with van der Waals surface area (Å²) in [7, 11) is 0. The van der Waals surface area contributed by atoms with Crippen molar-refractivity contribution in [3.63, 3.8) is 0 Å². The molecule has 1 fully saturated rings. The number of aromatic nitrogens is 1. The van der Waals surface area contributed by atoms with E-state index in [0.717, 1.165) is 34.0 Å². The molecule has 2 aromatic carbocycles. The number of carbonyl (C=O) groups is 1. The van der Waals surface area contributed by atoms with Crippen molar-refractivity contribution in [3.05, 3.63) is 83.5 Å². The van der Waals surface area contributed by atoms with E-state index in [0.29, 0.717) is 10.9 Å². The largest absolute Gasteiger partial charge is 0.323 e. The van der Waals surface area contributed by atoms with Crippen molar-refractivity contribution in [2.75, 3.05) is 5.32 Å². The molecule has 1 aromatic heterocycles. The second-order valence-electron chi connectivity index (χ2n) is 7.33. The Bertz CT molecular complexity index is 956. The smallest absolute Gasteiger partial charge is 0.232 e. The summed E-state index contributed by atoms with van der Waals surface area (Å²) >= 11 is 7.51. The molecule has 3 nitrogen and oxygen atoms in total. The average Bonchev–Trinajstić information content (AvgIpc) is 3.26. The van der Waals surface area contributed by atoms with Gasteiger partial charge in [0.15, 0.2) is 0 Å². The average molecular weight is 423 g/mol. The van der Waals surface area contributed by atoms with Crippen LogP contribution in [0.25, 0.3) is 0 Å². The van der Waals surface area contributed by atoms with E-state index >= 15 is 0 Å². The number of benzene rings is 2. The highest BCUT2D eigenvalue weighted by atomic mass is 35.5. The topological polar surface area (TPSA) is 42.0 Å². The molecule has 1 atom stereocenters. The lowest BCUT2D eigenvalue weighted by Gasteiger charge is -2.23. The number of hydrogen-bond donors (Lipinski definition) is 1. The van der Waals surface area contributed by atoms with Gasteiger partial charge in [0.1, 0.15) is 5.03 Å². The summed E-state index contributed by atoms with van der Waals surface area (Å²) < 4.78 is 0. The second kappa shape index (κ2) is 9.47. The second-order valence-corrected chi connectivity index (χ2v) is 8.83. The highest BCUT2D eigenvalue weighted by molar-refractivity contribution is 7.99. The molecule has 1 aliphatic rings. The van der Waals surface area contributed by atoms with E-state index in [-0.39, 0.29) is 11.8 Å². The number of hydrogen-bond acceptors (Lipinski definition) is 3. The minimum Gasteiger partial charge on any atom is -0.323 e. The van der Waals surface area contributed by atoms with Crippen LogP contribution in [-0.2, 0) is 4.79 Å². The Morgan fingerprint density at radius 3 is 2.45 bits per heavy atom. The van der Waals surface area contributed by atoms with Crippen LogP contribution in [0.5, 0.6) is 0 Å². The van der Waals surface area contributed by atoms with Crippen LogP contribution in [0.1, 0.15) is 37.2 Å². The van der Waals surface area contributed by atoms with Gasteiger partial charge in [0.2, 0.25) is 5.91 Å². The molecular weight excluding hydrogens is 400 g/mol. The Balaban J connectivity index is 1.57. The maximum absolute atomic E-state index is 13.4.